The Bertz CT molecular complexity index is 488. The van der Waals surface area contributed by atoms with E-state index in [9.17, 15) is 4.79 Å². The summed E-state index contributed by atoms with van der Waals surface area (Å²) in [6, 6.07) is 3.18. The summed E-state index contributed by atoms with van der Waals surface area (Å²) in [6.07, 6.45) is 3.01. The molecule has 21 heavy (non-hydrogen) atoms. The number of ether oxygens (including phenoxy) is 3. The zero-order valence-corrected chi connectivity index (χ0v) is 12.7. The average molecular weight is 295 g/mol. The van der Waals surface area contributed by atoms with E-state index in [4.69, 9.17) is 19.3 Å². The zero-order valence-electron chi connectivity index (χ0n) is 12.7. The van der Waals surface area contributed by atoms with Gasteiger partial charge in [0.1, 0.15) is 0 Å². The van der Waals surface area contributed by atoms with Crippen molar-refractivity contribution >= 4 is 12.0 Å². The number of carbonyl (C=O) groups is 1. The van der Waals surface area contributed by atoms with Crippen molar-refractivity contribution in [1.29, 1.82) is 0 Å². The first-order valence-corrected chi connectivity index (χ1v) is 6.45. The maximum atomic E-state index is 11.6. The highest BCUT2D eigenvalue weighted by Gasteiger charge is 2.12. The van der Waals surface area contributed by atoms with Crippen molar-refractivity contribution in [2.45, 2.75) is 13.0 Å². The third kappa shape index (κ3) is 4.68. The quantitative estimate of drug-likeness (QED) is 0.740. The van der Waals surface area contributed by atoms with E-state index in [1.807, 2.05) is 0 Å². The summed E-state index contributed by atoms with van der Waals surface area (Å²) in [5, 5.41) is 11.5. The number of methoxy groups -OCH3 is 3. The molecular weight excluding hydrogens is 274 g/mol. The molecule has 1 atom stereocenters. The van der Waals surface area contributed by atoms with Gasteiger partial charge in [-0.25, -0.2) is 0 Å². The van der Waals surface area contributed by atoms with Gasteiger partial charge in [-0.15, -0.1) is 0 Å². The fourth-order valence-electron chi connectivity index (χ4n) is 1.71. The van der Waals surface area contributed by atoms with E-state index in [1.165, 1.54) is 27.4 Å². The molecule has 0 aromatic heterocycles. The van der Waals surface area contributed by atoms with E-state index in [-0.39, 0.29) is 18.6 Å². The van der Waals surface area contributed by atoms with Crippen molar-refractivity contribution in [3.05, 3.63) is 23.8 Å². The van der Waals surface area contributed by atoms with Gasteiger partial charge in [0.25, 0.3) is 0 Å². The minimum atomic E-state index is -0.290. The molecule has 0 aliphatic heterocycles. The molecule has 0 fully saturated rings. The molecule has 1 amide bonds. The van der Waals surface area contributed by atoms with E-state index in [1.54, 1.807) is 25.1 Å². The van der Waals surface area contributed by atoms with Gasteiger partial charge < -0.3 is 24.6 Å². The summed E-state index contributed by atoms with van der Waals surface area (Å²) in [6.45, 7) is 1.61. The Balaban J connectivity index is 2.96. The molecular formula is C15H21NO5. The fraction of sp³-hybridized carbons (Fsp3) is 0.400. The normalized spacial score (nSPS) is 12.0. The molecule has 2 N–H and O–H groups in total. The van der Waals surface area contributed by atoms with Crippen LogP contribution in [0.1, 0.15) is 12.5 Å². The number of hydrogen-bond donors (Lipinski definition) is 2. The summed E-state index contributed by atoms with van der Waals surface area (Å²) in [5.74, 6) is 1.24. The number of amides is 1. The average Bonchev–Trinajstić information content (AvgIpc) is 2.51. The number of nitrogens with one attached hydrogen (secondary N) is 1. The first kappa shape index (κ1) is 16.8. The lowest BCUT2D eigenvalue weighted by molar-refractivity contribution is -0.117. The van der Waals surface area contributed by atoms with E-state index in [0.29, 0.717) is 17.2 Å². The second-order valence-electron chi connectivity index (χ2n) is 4.38. The lowest BCUT2D eigenvalue weighted by atomic mass is 10.1. The van der Waals surface area contributed by atoms with Gasteiger partial charge in [-0.1, -0.05) is 0 Å². The van der Waals surface area contributed by atoms with Crippen LogP contribution < -0.4 is 19.5 Å². The van der Waals surface area contributed by atoms with Gasteiger partial charge in [0, 0.05) is 12.1 Å². The van der Waals surface area contributed by atoms with Crippen molar-refractivity contribution in [2.75, 3.05) is 27.9 Å². The number of rotatable bonds is 7. The van der Waals surface area contributed by atoms with Crippen LogP contribution in [0.25, 0.3) is 6.08 Å². The standard InChI is InChI=1S/C15H21NO5/c1-10(9-17)16-14(18)6-5-11-7-12(19-2)15(21-4)13(8-11)20-3/h5-8,10,17H,9H2,1-4H3,(H,16,18). The molecule has 0 saturated carbocycles. The Kier molecular flexibility index (Phi) is 6.55. The highest BCUT2D eigenvalue weighted by Crippen LogP contribution is 2.38. The van der Waals surface area contributed by atoms with Gasteiger partial charge in [0.15, 0.2) is 11.5 Å². The Morgan fingerprint density at radius 2 is 1.81 bits per heavy atom. The smallest absolute Gasteiger partial charge is 0.244 e. The maximum Gasteiger partial charge on any atom is 0.244 e. The zero-order chi connectivity index (χ0) is 15.8. The van der Waals surface area contributed by atoms with Crippen molar-refractivity contribution in [2.24, 2.45) is 0 Å². The van der Waals surface area contributed by atoms with Crippen LogP contribution in [-0.4, -0.2) is 45.0 Å². The molecule has 0 heterocycles. The molecule has 0 saturated heterocycles. The molecule has 116 valence electrons. The highest BCUT2D eigenvalue weighted by atomic mass is 16.5. The first-order valence-electron chi connectivity index (χ1n) is 6.45. The molecule has 6 heteroatoms. The Morgan fingerprint density at radius 1 is 1.24 bits per heavy atom. The molecule has 0 bridgehead atoms. The lowest BCUT2D eigenvalue weighted by Gasteiger charge is -2.13. The van der Waals surface area contributed by atoms with E-state index >= 15 is 0 Å². The van der Waals surface area contributed by atoms with Gasteiger partial charge in [-0.05, 0) is 30.7 Å². The molecule has 6 nitrogen and oxygen atoms in total. The number of aliphatic hydroxyl groups excluding tert-OH is 1. The molecule has 1 aromatic carbocycles. The minimum absolute atomic E-state index is 0.107. The minimum Gasteiger partial charge on any atom is -0.493 e. The van der Waals surface area contributed by atoms with Gasteiger partial charge in [-0.3, -0.25) is 4.79 Å². The Hall–Kier alpha value is -2.21. The third-order valence-corrected chi connectivity index (χ3v) is 2.78. The van der Waals surface area contributed by atoms with Gasteiger partial charge in [0.2, 0.25) is 11.7 Å². The first-order chi connectivity index (χ1) is 10.0. The molecule has 0 spiro atoms. The van der Waals surface area contributed by atoms with Crippen LogP contribution in [0, 0.1) is 0 Å². The predicted octanol–water partition coefficient (Wildman–Crippen LogP) is 1.22. The SMILES string of the molecule is COc1cc(C=CC(=O)NC(C)CO)cc(OC)c1OC. The van der Waals surface area contributed by atoms with Crippen molar-refractivity contribution in [1.82, 2.24) is 5.32 Å². The Labute approximate surface area is 124 Å². The van der Waals surface area contributed by atoms with Crippen LogP contribution >= 0.6 is 0 Å². The summed E-state index contributed by atoms with van der Waals surface area (Å²) in [7, 11) is 4.58. The van der Waals surface area contributed by atoms with Gasteiger partial charge in [0.05, 0.1) is 27.9 Å². The largest absolute Gasteiger partial charge is 0.493 e. The second-order valence-corrected chi connectivity index (χ2v) is 4.38. The summed E-state index contributed by atoms with van der Waals surface area (Å²) in [4.78, 5) is 11.6. The van der Waals surface area contributed by atoms with Gasteiger partial charge in [-0.2, -0.15) is 0 Å². The van der Waals surface area contributed by atoms with Crippen LogP contribution in [-0.2, 0) is 4.79 Å². The molecule has 0 aliphatic carbocycles. The fourth-order valence-corrected chi connectivity index (χ4v) is 1.71. The van der Waals surface area contributed by atoms with E-state index in [2.05, 4.69) is 5.32 Å². The van der Waals surface area contributed by atoms with E-state index in [0.717, 1.165) is 5.56 Å². The number of benzene rings is 1. The molecule has 1 aromatic rings. The van der Waals surface area contributed by atoms with Crippen molar-refractivity contribution in [3.8, 4) is 17.2 Å². The van der Waals surface area contributed by atoms with Crippen molar-refractivity contribution in [3.63, 3.8) is 0 Å². The maximum absolute atomic E-state index is 11.6. The predicted molar refractivity (Wildman–Crippen MR) is 79.8 cm³/mol. The van der Waals surface area contributed by atoms with Crippen LogP contribution in [0.5, 0.6) is 17.2 Å². The third-order valence-electron chi connectivity index (χ3n) is 2.78. The summed E-state index contributed by atoms with van der Waals surface area (Å²) in [5.41, 5.74) is 0.733. The van der Waals surface area contributed by atoms with Crippen LogP contribution in [0.4, 0.5) is 0 Å². The number of hydrogen-bond acceptors (Lipinski definition) is 5. The summed E-state index contributed by atoms with van der Waals surface area (Å²) >= 11 is 0. The molecule has 1 rings (SSSR count). The van der Waals surface area contributed by atoms with Gasteiger partial charge >= 0.3 is 0 Å². The number of carbonyl (C=O) groups excluding carboxylic acids is 1. The topological polar surface area (TPSA) is 77.0 Å². The van der Waals surface area contributed by atoms with Crippen molar-refractivity contribution < 1.29 is 24.1 Å². The molecule has 1 unspecified atom stereocenters. The van der Waals surface area contributed by atoms with Crippen LogP contribution in [0.15, 0.2) is 18.2 Å². The number of aliphatic hydroxyl groups is 1. The summed E-state index contributed by atoms with van der Waals surface area (Å²) < 4.78 is 15.7. The second kappa shape index (κ2) is 8.16. The van der Waals surface area contributed by atoms with Crippen LogP contribution in [0.2, 0.25) is 0 Å². The Morgan fingerprint density at radius 3 is 2.24 bits per heavy atom. The highest BCUT2D eigenvalue weighted by molar-refractivity contribution is 5.92. The van der Waals surface area contributed by atoms with Crippen LogP contribution in [0.3, 0.4) is 0 Å². The molecule has 0 radical (unpaired) electrons. The molecule has 0 aliphatic rings. The lowest BCUT2D eigenvalue weighted by Crippen LogP contribution is -2.33. The monoisotopic (exact) mass is 295 g/mol. The van der Waals surface area contributed by atoms with E-state index < -0.39 is 0 Å².